The molecule has 0 aromatic carbocycles. The zero-order valence-corrected chi connectivity index (χ0v) is 27.2. The van der Waals surface area contributed by atoms with Crippen molar-refractivity contribution in [3.8, 4) is 0 Å². The van der Waals surface area contributed by atoms with Crippen molar-refractivity contribution in [2.24, 2.45) is 35.5 Å². The van der Waals surface area contributed by atoms with E-state index in [4.69, 9.17) is 17.0 Å². The molecule has 4 aliphatic rings. The predicted octanol–water partition coefficient (Wildman–Crippen LogP) is 11.0. The summed E-state index contributed by atoms with van der Waals surface area (Å²) in [5, 5.41) is 0. The van der Waals surface area contributed by atoms with Gasteiger partial charge in [-0.05, 0) is 72.3 Å². The molecule has 0 aliphatic heterocycles. The molecule has 0 radical (unpaired) electrons. The molecule has 188 valence electrons. The Bertz CT molecular complexity index is 472. The fourth-order valence-electron chi connectivity index (χ4n) is 9.29. The van der Waals surface area contributed by atoms with Crippen molar-refractivity contribution in [1.82, 2.24) is 0 Å². The molecule has 0 heterocycles. The van der Waals surface area contributed by atoms with Crippen LogP contribution >= 0.6 is 17.0 Å². The fraction of sp³-hybridized carbons (Fsp3) is 0.929. The van der Waals surface area contributed by atoms with Crippen molar-refractivity contribution in [2.45, 2.75) is 128 Å². The van der Waals surface area contributed by atoms with Crippen LogP contribution in [0.25, 0.3) is 0 Å². The zero-order valence-electron chi connectivity index (χ0n) is 22.3. The number of halogens is 2. The minimum absolute atomic E-state index is 0. The molecule has 4 heteroatoms. The third-order valence-electron chi connectivity index (χ3n) is 10.3. The Hall–Kier alpha value is 1.68. The van der Waals surface area contributed by atoms with Gasteiger partial charge in [0.05, 0.1) is 8.07 Å². The molecule has 4 aliphatic carbocycles. The van der Waals surface area contributed by atoms with Crippen LogP contribution in [0, 0.1) is 50.4 Å². The van der Waals surface area contributed by atoms with Gasteiger partial charge < -0.3 is 14.9 Å². The van der Waals surface area contributed by atoms with E-state index in [1.165, 1.54) is 36.8 Å². The monoisotopic (exact) mass is 578 g/mol. The Kier molecular flexibility index (Phi) is 14.9. The van der Waals surface area contributed by atoms with E-state index in [-0.39, 0.29) is 14.9 Å². The second-order valence-electron chi connectivity index (χ2n) is 11.9. The molecule has 0 saturated heterocycles. The number of hydrogen-bond acceptors (Lipinski definition) is 0. The van der Waals surface area contributed by atoms with Gasteiger partial charge in [-0.3, -0.25) is 0 Å². The van der Waals surface area contributed by atoms with Crippen LogP contribution in [0.15, 0.2) is 0 Å². The third-order valence-corrected chi connectivity index (χ3v) is 15.5. The first kappa shape index (κ1) is 31.7. The van der Waals surface area contributed by atoms with E-state index >= 15 is 0 Å². The summed E-state index contributed by atoms with van der Waals surface area (Å²) < 4.78 is 0. The van der Waals surface area contributed by atoms with Crippen molar-refractivity contribution in [3.05, 3.63) is 14.9 Å². The summed E-state index contributed by atoms with van der Waals surface area (Å²) in [5.74, 6) is 6.75. The Morgan fingerprint density at radius 3 is 1.28 bits per heavy atom. The van der Waals surface area contributed by atoms with Crippen molar-refractivity contribution in [2.75, 3.05) is 0 Å². The van der Waals surface area contributed by atoms with Gasteiger partial charge in [-0.15, -0.1) is 0 Å². The molecule has 0 bridgehead atoms. The van der Waals surface area contributed by atoms with Crippen molar-refractivity contribution >= 4 is 25.1 Å². The van der Waals surface area contributed by atoms with Gasteiger partial charge in [0, 0.05) is 0 Å². The maximum atomic E-state index is 4.93. The van der Waals surface area contributed by atoms with Crippen LogP contribution in [0.1, 0.15) is 104 Å². The number of hydrogen-bond donors (Lipinski definition) is 0. The van der Waals surface area contributed by atoms with Gasteiger partial charge in [0.15, 0.2) is 0 Å². The quantitative estimate of drug-likeness (QED) is 0.216. The number of rotatable bonds is 6. The van der Waals surface area contributed by atoms with Gasteiger partial charge in [-0.1, -0.05) is 91.1 Å². The van der Waals surface area contributed by atoms with Crippen LogP contribution in [0.3, 0.4) is 0 Å². The molecule has 0 N–H and O–H groups in total. The summed E-state index contributed by atoms with van der Waals surface area (Å²) in [5.41, 5.74) is 2.35. The van der Waals surface area contributed by atoms with E-state index in [9.17, 15) is 0 Å². The molecule has 0 nitrogen and oxygen atoms in total. The summed E-state index contributed by atoms with van der Waals surface area (Å²) >= 11 is -0.826. The normalized spacial score (nSPS) is 38.2. The van der Waals surface area contributed by atoms with Crippen LogP contribution in [-0.4, -0.2) is 8.07 Å². The Balaban J connectivity index is 0.000000971. The van der Waals surface area contributed by atoms with Gasteiger partial charge >= 0.3 is 37.9 Å². The summed E-state index contributed by atoms with van der Waals surface area (Å²) in [6, 6.07) is 0. The molecule has 8 unspecified atom stereocenters. The van der Waals surface area contributed by atoms with Crippen LogP contribution in [0.4, 0.5) is 0 Å². The van der Waals surface area contributed by atoms with E-state index in [0.29, 0.717) is 0 Å². The van der Waals surface area contributed by atoms with Crippen LogP contribution in [0.2, 0.25) is 24.2 Å². The molecular formula is C28H54Cl2SiZr. The predicted molar refractivity (Wildman–Crippen MR) is 146 cm³/mol. The SMILES string of the molecule is CCCC1CC([Si](C)(C)C2CC(CCC)C3CCCCC32)C2CCCCC12.[CH3-].[CH3-].[Cl][Zr+2][Cl]. The van der Waals surface area contributed by atoms with Gasteiger partial charge in [0.2, 0.25) is 0 Å². The topological polar surface area (TPSA) is 0 Å². The average molecular weight is 581 g/mol. The standard InChI is InChI=1S/C26H48Si.2CH3.2ClH.Zr/c1-5-11-19-17-25(23-15-9-7-13-21(19)23)27(3,4)26-18-20(12-6-2)22-14-8-10-16-24(22)26;;;;;/h19-26H,5-18H2,1-4H3;2*1H3;2*1H;/q;2*-1;;;+4/p-2. The second-order valence-corrected chi connectivity index (χ2v) is 20.8. The molecule has 0 amide bonds. The van der Waals surface area contributed by atoms with Crippen LogP contribution in [0.5, 0.6) is 0 Å². The Labute approximate surface area is 222 Å². The van der Waals surface area contributed by atoms with Crippen molar-refractivity contribution in [1.29, 1.82) is 0 Å². The van der Waals surface area contributed by atoms with Gasteiger partial charge in [-0.25, -0.2) is 0 Å². The van der Waals surface area contributed by atoms with E-state index in [1.807, 2.05) is 0 Å². The summed E-state index contributed by atoms with van der Waals surface area (Å²) in [7, 11) is 8.67. The first-order valence-electron chi connectivity index (χ1n) is 13.5. The van der Waals surface area contributed by atoms with Crippen molar-refractivity contribution < 1.29 is 20.8 Å². The first-order chi connectivity index (χ1) is 14.5. The molecule has 0 aromatic rings. The van der Waals surface area contributed by atoms with Crippen LogP contribution in [-0.2, 0) is 20.8 Å². The van der Waals surface area contributed by atoms with Gasteiger partial charge in [-0.2, -0.15) is 0 Å². The number of fused-ring (bicyclic) bond motifs is 2. The summed E-state index contributed by atoms with van der Waals surface area (Å²) in [6.45, 7) is 10.7. The summed E-state index contributed by atoms with van der Waals surface area (Å²) in [4.78, 5) is 0. The molecule has 4 rings (SSSR count). The minimum atomic E-state index is -1.20. The first-order valence-corrected chi connectivity index (χ1v) is 22.9. The van der Waals surface area contributed by atoms with Crippen molar-refractivity contribution in [3.63, 3.8) is 0 Å². The van der Waals surface area contributed by atoms with E-state index in [2.05, 4.69) is 26.9 Å². The molecule has 4 saturated carbocycles. The summed E-state index contributed by atoms with van der Waals surface area (Å²) in [6.07, 6.45) is 21.8. The molecular weight excluding hydrogens is 527 g/mol. The Morgan fingerprint density at radius 2 is 0.969 bits per heavy atom. The second kappa shape index (κ2) is 15.1. The van der Waals surface area contributed by atoms with Gasteiger partial charge in [0.1, 0.15) is 0 Å². The third kappa shape index (κ3) is 6.91. The molecule has 8 atom stereocenters. The van der Waals surface area contributed by atoms with E-state index < -0.39 is 28.9 Å². The van der Waals surface area contributed by atoms with Crippen LogP contribution < -0.4 is 0 Å². The molecule has 0 spiro atoms. The average Bonchev–Trinajstić information content (AvgIpc) is 3.30. The fourth-order valence-corrected chi connectivity index (χ4v) is 14.7. The molecule has 0 aromatic heterocycles. The van der Waals surface area contributed by atoms with E-state index in [1.54, 1.807) is 64.2 Å². The zero-order chi connectivity index (χ0) is 21.7. The molecule has 32 heavy (non-hydrogen) atoms. The molecule has 4 fully saturated rings. The van der Waals surface area contributed by atoms with E-state index in [0.717, 1.165) is 35.5 Å². The Morgan fingerprint density at radius 1 is 0.656 bits per heavy atom. The maximum absolute atomic E-state index is 4.93. The van der Waals surface area contributed by atoms with Gasteiger partial charge in [0.25, 0.3) is 0 Å².